The van der Waals surface area contributed by atoms with E-state index in [1.54, 1.807) is 27.4 Å². The number of rotatable bonds is 6. The number of piperazine rings is 1. The van der Waals surface area contributed by atoms with Crippen LogP contribution in [-0.2, 0) is 6.18 Å². The highest BCUT2D eigenvalue weighted by Gasteiger charge is 2.32. The average molecular weight is 410 g/mol. The van der Waals surface area contributed by atoms with Gasteiger partial charge in [-0.3, -0.25) is 4.90 Å². The molecule has 1 unspecified atom stereocenters. The van der Waals surface area contributed by atoms with Crippen LogP contribution in [0.2, 0.25) is 0 Å². The number of nitrogens with one attached hydrogen (secondary N) is 1. The van der Waals surface area contributed by atoms with E-state index in [-0.39, 0.29) is 6.04 Å². The van der Waals surface area contributed by atoms with Crippen LogP contribution in [0.4, 0.5) is 13.2 Å². The molecule has 1 heterocycles. The molecule has 2 aromatic rings. The molecular formula is C21H25F3N2O3. The lowest BCUT2D eigenvalue weighted by atomic mass is 9.94. The average Bonchev–Trinajstić information content (AvgIpc) is 2.74. The fraction of sp³-hybridized carbons (Fsp3) is 0.429. The number of ether oxygens (including phenoxy) is 3. The van der Waals surface area contributed by atoms with E-state index in [2.05, 4.69) is 10.2 Å². The van der Waals surface area contributed by atoms with Crippen molar-refractivity contribution in [3.63, 3.8) is 0 Å². The zero-order chi connectivity index (χ0) is 21.0. The molecule has 2 aromatic carbocycles. The molecular weight excluding hydrogens is 385 g/mol. The number of alkyl halides is 3. The topological polar surface area (TPSA) is 43.0 Å². The van der Waals surface area contributed by atoms with Crippen molar-refractivity contribution in [3.05, 3.63) is 53.1 Å². The molecule has 1 atom stereocenters. The molecule has 1 N–H and O–H groups in total. The highest BCUT2D eigenvalue weighted by molar-refractivity contribution is 5.54. The maximum absolute atomic E-state index is 13.0. The van der Waals surface area contributed by atoms with E-state index in [1.807, 2.05) is 6.07 Å². The first-order chi connectivity index (χ1) is 13.9. The SMILES string of the molecule is COc1cc(OC)c(C(c2ccc(C(F)(F)F)cc2)N2CCNCC2)cc1OC. The van der Waals surface area contributed by atoms with Gasteiger partial charge in [0.15, 0.2) is 11.5 Å². The van der Waals surface area contributed by atoms with Crippen molar-refractivity contribution in [1.82, 2.24) is 10.2 Å². The summed E-state index contributed by atoms with van der Waals surface area (Å²) >= 11 is 0. The van der Waals surface area contributed by atoms with E-state index >= 15 is 0 Å². The lowest BCUT2D eigenvalue weighted by Gasteiger charge is -2.36. The summed E-state index contributed by atoms with van der Waals surface area (Å²) < 4.78 is 55.5. The molecule has 29 heavy (non-hydrogen) atoms. The maximum Gasteiger partial charge on any atom is 0.416 e. The Labute approximate surface area is 168 Å². The van der Waals surface area contributed by atoms with Crippen LogP contribution in [0.3, 0.4) is 0 Å². The second-order valence-electron chi connectivity index (χ2n) is 6.76. The Morgan fingerprint density at radius 2 is 1.41 bits per heavy atom. The Morgan fingerprint density at radius 3 is 1.93 bits per heavy atom. The highest BCUT2D eigenvalue weighted by atomic mass is 19.4. The van der Waals surface area contributed by atoms with Crippen molar-refractivity contribution in [2.75, 3.05) is 47.5 Å². The quantitative estimate of drug-likeness (QED) is 0.786. The Balaban J connectivity index is 2.11. The summed E-state index contributed by atoms with van der Waals surface area (Å²) in [5.41, 5.74) is 0.900. The molecule has 0 amide bonds. The number of methoxy groups -OCH3 is 3. The van der Waals surface area contributed by atoms with Gasteiger partial charge in [0.1, 0.15) is 5.75 Å². The predicted molar refractivity (Wildman–Crippen MR) is 104 cm³/mol. The molecule has 0 aromatic heterocycles. The van der Waals surface area contributed by atoms with E-state index < -0.39 is 11.7 Å². The first-order valence-electron chi connectivity index (χ1n) is 9.31. The molecule has 0 aliphatic carbocycles. The monoisotopic (exact) mass is 410 g/mol. The largest absolute Gasteiger partial charge is 0.496 e. The molecule has 1 fully saturated rings. The maximum atomic E-state index is 13.0. The van der Waals surface area contributed by atoms with Crippen molar-refractivity contribution in [2.24, 2.45) is 0 Å². The third-order valence-corrected chi connectivity index (χ3v) is 5.10. The minimum absolute atomic E-state index is 0.283. The first-order valence-corrected chi connectivity index (χ1v) is 9.31. The van der Waals surface area contributed by atoms with Crippen LogP contribution in [0.15, 0.2) is 36.4 Å². The fourth-order valence-corrected chi connectivity index (χ4v) is 3.65. The number of nitrogens with zero attached hydrogens (tertiary/aromatic N) is 1. The smallest absolute Gasteiger partial charge is 0.416 e. The van der Waals surface area contributed by atoms with E-state index in [1.165, 1.54) is 12.1 Å². The van der Waals surface area contributed by atoms with Gasteiger partial charge in [-0.1, -0.05) is 12.1 Å². The van der Waals surface area contributed by atoms with Crippen LogP contribution >= 0.6 is 0 Å². The normalized spacial score (nSPS) is 16.3. The van der Waals surface area contributed by atoms with Crippen LogP contribution in [-0.4, -0.2) is 52.4 Å². The van der Waals surface area contributed by atoms with Gasteiger partial charge in [0, 0.05) is 37.8 Å². The van der Waals surface area contributed by atoms with E-state index in [0.717, 1.165) is 49.4 Å². The zero-order valence-electron chi connectivity index (χ0n) is 16.7. The Bertz CT molecular complexity index is 819. The summed E-state index contributed by atoms with van der Waals surface area (Å²) in [4.78, 5) is 2.23. The molecule has 0 saturated carbocycles. The molecule has 8 heteroatoms. The summed E-state index contributed by atoms with van der Waals surface area (Å²) in [6.45, 7) is 3.10. The van der Waals surface area contributed by atoms with E-state index in [4.69, 9.17) is 14.2 Å². The van der Waals surface area contributed by atoms with Gasteiger partial charge in [-0.15, -0.1) is 0 Å². The Hall–Kier alpha value is -2.45. The van der Waals surface area contributed by atoms with Gasteiger partial charge in [-0.25, -0.2) is 0 Å². The van der Waals surface area contributed by atoms with Gasteiger partial charge in [0.25, 0.3) is 0 Å². The van der Waals surface area contributed by atoms with Crippen LogP contribution in [0.1, 0.15) is 22.7 Å². The minimum atomic E-state index is -4.37. The van der Waals surface area contributed by atoms with Crippen molar-refractivity contribution < 1.29 is 27.4 Å². The number of hydrogen-bond acceptors (Lipinski definition) is 5. The van der Waals surface area contributed by atoms with Gasteiger partial charge >= 0.3 is 6.18 Å². The van der Waals surface area contributed by atoms with Gasteiger partial charge in [0.2, 0.25) is 0 Å². The molecule has 158 valence electrons. The zero-order valence-corrected chi connectivity index (χ0v) is 16.7. The highest BCUT2D eigenvalue weighted by Crippen LogP contribution is 2.42. The third kappa shape index (κ3) is 4.59. The summed E-state index contributed by atoms with van der Waals surface area (Å²) in [7, 11) is 4.65. The van der Waals surface area contributed by atoms with Crippen molar-refractivity contribution in [2.45, 2.75) is 12.2 Å². The second-order valence-corrected chi connectivity index (χ2v) is 6.76. The lowest BCUT2D eigenvalue weighted by Crippen LogP contribution is -2.45. The van der Waals surface area contributed by atoms with Crippen molar-refractivity contribution in [3.8, 4) is 17.2 Å². The van der Waals surface area contributed by atoms with Crippen LogP contribution < -0.4 is 19.5 Å². The summed E-state index contributed by atoms with van der Waals surface area (Å²) in [6.07, 6.45) is -4.37. The standard InChI is InChI=1S/C21H25F3N2O3/c1-27-17-13-19(29-3)18(28-2)12-16(17)20(26-10-8-25-9-11-26)14-4-6-15(7-5-14)21(22,23)24/h4-7,12-13,20,25H,8-11H2,1-3H3. The van der Waals surface area contributed by atoms with Crippen LogP contribution in [0, 0.1) is 0 Å². The third-order valence-electron chi connectivity index (χ3n) is 5.10. The van der Waals surface area contributed by atoms with Crippen LogP contribution in [0.25, 0.3) is 0 Å². The van der Waals surface area contributed by atoms with Crippen molar-refractivity contribution >= 4 is 0 Å². The molecule has 1 saturated heterocycles. The minimum Gasteiger partial charge on any atom is -0.496 e. The van der Waals surface area contributed by atoms with Gasteiger partial charge in [-0.2, -0.15) is 13.2 Å². The molecule has 1 aliphatic rings. The number of halogens is 3. The Kier molecular flexibility index (Phi) is 6.54. The summed E-state index contributed by atoms with van der Waals surface area (Å²) in [6, 6.07) is 8.61. The van der Waals surface area contributed by atoms with Crippen molar-refractivity contribution in [1.29, 1.82) is 0 Å². The summed E-state index contributed by atoms with van der Waals surface area (Å²) in [5.74, 6) is 1.65. The lowest BCUT2D eigenvalue weighted by molar-refractivity contribution is -0.137. The molecule has 0 radical (unpaired) electrons. The predicted octanol–water partition coefficient (Wildman–Crippen LogP) is 3.73. The van der Waals surface area contributed by atoms with Crippen LogP contribution in [0.5, 0.6) is 17.2 Å². The number of benzene rings is 2. The van der Waals surface area contributed by atoms with E-state index in [0.29, 0.717) is 17.2 Å². The molecule has 0 bridgehead atoms. The molecule has 1 aliphatic heterocycles. The molecule has 5 nitrogen and oxygen atoms in total. The summed E-state index contributed by atoms with van der Waals surface area (Å²) in [5, 5.41) is 3.30. The second kappa shape index (κ2) is 8.92. The van der Waals surface area contributed by atoms with Gasteiger partial charge in [0.05, 0.1) is 32.9 Å². The fourth-order valence-electron chi connectivity index (χ4n) is 3.65. The van der Waals surface area contributed by atoms with Gasteiger partial charge < -0.3 is 19.5 Å². The van der Waals surface area contributed by atoms with E-state index in [9.17, 15) is 13.2 Å². The Morgan fingerprint density at radius 1 is 0.862 bits per heavy atom. The molecule has 0 spiro atoms. The molecule has 3 rings (SSSR count). The van der Waals surface area contributed by atoms with Gasteiger partial charge in [-0.05, 0) is 23.8 Å². The first kappa shape index (κ1) is 21.3. The number of hydrogen-bond donors (Lipinski definition) is 1.